The summed E-state index contributed by atoms with van der Waals surface area (Å²) in [4.78, 5) is 0. The molecule has 0 spiro atoms. The molecule has 0 aromatic heterocycles. The first-order chi connectivity index (χ1) is 7.40. The van der Waals surface area contributed by atoms with Gasteiger partial charge in [0.1, 0.15) is 5.82 Å². The van der Waals surface area contributed by atoms with Crippen LogP contribution < -0.4 is 5.73 Å². The van der Waals surface area contributed by atoms with Crippen molar-refractivity contribution in [2.45, 2.75) is 31.1 Å². The molecule has 2 N–H and O–H groups in total. The molecule has 1 fully saturated rings. The maximum atomic E-state index is 13.4. The number of hydrogen-bond donors (Lipinski definition) is 1. The Balaban J connectivity index is 2.40. The molecule has 0 aliphatic heterocycles. The van der Waals surface area contributed by atoms with Gasteiger partial charge in [0.15, 0.2) is 0 Å². The van der Waals surface area contributed by atoms with E-state index in [1.54, 1.807) is 19.1 Å². The molecule has 1 aromatic carbocycles. The maximum Gasteiger partial charge on any atom is 0.250 e. The molecule has 88 valence electrons. The molecule has 0 atom stereocenters. The van der Waals surface area contributed by atoms with E-state index >= 15 is 0 Å². The third-order valence-electron chi connectivity index (χ3n) is 3.42. The number of halogens is 3. The minimum absolute atomic E-state index is 0.132. The second-order valence-corrected chi connectivity index (χ2v) is 4.61. The summed E-state index contributed by atoms with van der Waals surface area (Å²) in [7, 11) is 0. The highest BCUT2D eigenvalue weighted by Crippen LogP contribution is 2.53. The highest BCUT2D eigenvalue weighted by molar-refractivity contribution is 5.38. The Bertz CT molecular complexity index is 407. The first-order valence-electron chi connectivity index (χ1n) is 5.24. The molecule has 0 saturated heterocycles. The van der Waals surface area contributed by atoms with Crippen LogP contribution in [0.4, 0.5) is 13.2 Å². The van der Waals surface area contributed by atoms with Crippen molar-refractivity contribution in [3.05, 3.63) is 35.1 Å². The summed E-state index contributed by atoms with van der Waals surface area (Å²) < 4.78 is 39.3. The van der Waals surface area contributed by atoms with Gasteiger partial charge in [0.2, 0.25) is 5.92 Å². The molecule has 1 aromatic rings. The lowest BCUT2D eigenvalue weighted by Gasteiger charge is -2.47. The van der Waals surface area contributed by atoms with Gasteiger partial charge < -0.3 is 5.73 Å². The van der Waals surface area contributed by atoms with Crippen LogP contribution in [-0.2, 0) is 5.41 Å². The molecule has 0 radical (unpaired) electrons. The summed E-state index contributed by atoms with van der Waals surface area (Å²) in [6.45, 7) is 1.74. The van der Waals surface area contributed by atoms with Crippen molar-refractivity contribution in [3.8, 4) is 0 Å². The van der Waals surface area contributed by atoms with Gasteiger partial charge in [-0.05, 0) is 24.1 Å². The largest absolute Gasteiger partial charge is 0.330 e. The Hall–Kier alpha value is -1.03. The van der Waals surface area contributed by atoms with Crippen LogP contribution >= 0.6 is 0 Å². The summed E-state index contributed by atoms with van der Waals surface area (Å²) in [5.41, 5.74) is 5.90. The molecule has 1 saturated carbocycles. The number of rotatable bonds is 2. The predicted octanol–water partition coefficient (Wildman–Crippen LogP) is 2.76. The Morgan fingerprint density at radius 3 is 2.44 bits per heavy atom. The van der Waals surface area contributed by atoms with E-state index in [1.165, 1.54) is 6.07 Å². The highest BCUT2D eigenvalue weighted by Gasteiger charge is 2.56. The molecular formula is C12H14F3N. The average molecular weight is 229 g/mol. The smallest absolute Gasteiger partial charge is 0.250 e. The molecule has 1 aliphatic carbocycles. The van der Waals surface area contributed by atoms with E-state index in [2.05, 4.69) is 0 Å². The van der Waals surface area contributed by atoms with Crippen molar-refractivity contribution in [3.63, 3.8) is 0 Å². The minimum Gasteiger partial charge on any atom is -0.330 e. The highest BCUT2D eigenvalue weighted by atomic mass is 19.3. The fraction of sp³-hybridized carbons (Fsp3) is 0.500. The Morgan fingerprint density at radius 2 is 1.94 bits per heavy atom. The summed E-state index contributed by atoms with van der Waals surface area (Å²) in [6, 6.07) is 4.58. The quantitative estimate of drug-likeness (QED) is 0.829. The van der Waals surface area contributed by atoms with E-state index in [0.717, 1.165) is 0 Å². The second kappa shape index (κ2) is 3.48. The van der Waals surface area contributed by atoms with Gasteiger partial charge in [-0.25, -0.2) is 13.2 Å². The van der Waals surface area contributed by atoms with Gasteiger partial charge in [0.25, 0.3) is 0 Å². The third kappa shape index (κ3) is 1.61. The zero-order valence-corrected chi connectivity index (χ0v) is 9.06. The van der Waals surface area contributed by atoms with E-state index in [-0.39, 0.29) is 25.2 Å². The van der Waals surface area contributed by atoms with Crippen molar-refractivity contribution in [2.24, 2.45) is 5.73 Å². The average Bonchev–Trinajstić information content (AvgIpc) is 2.18. The first-order valence-corrected chi connectivity index (χ1v) is 5.24. The van der Waals surface area contributed by atoms with Gasteiger partial charge in [-0.15, -0.1) is 0 Å². The Kier molecular flexibility index (Phi) is 2.49. The van der Waals surface area contributed by atoms with Gasteiger partial charge in [-0.2, -0.15) is 0 Å². The van der Waals surface area contributed by atoms with E-state index in [1.807, 2.05) is 0 Å². The van der Waals surface area contributed by atoms with E-state index in [4.69, 9.17) is 5.73 Å². The lowest BCUT2D eigenvalue weighted by molar-refractivity contribution is -0.124. The van der Waals surface area contributed by atoms with Crippen LogP contribution in [0.25, 0.3) is 0 Å². The summed E-state index contributed by atoms with van der Waals surface area (Å²) in [5, 5.41) is 0. The predicted molar refractivity (Wildman–Crippen MR) is 56.1 cm³/mol. The fourth-order valence-corrected chi connectivity index (χ4v) is 2.57. The molecule has 0 unspecified atom stereocenters. The normalized spacial score (nSPS) is 21.6. The number of hydrogen-bond acceptors (Lipinski definition) is 1. The monoisotopic (exact) mass is 229 g/mol. The molecule has 2 rings (SSSR count). The fourth-order valence-electron chi connectivity index (χ4n) is 2.57. The molecule has 4 heteroatoms. The molecule has 1 nitrogen and oxygen atoms in total. The molecular weight excluding hydrogens is 215 g/mol. The first kappa shape index (κ1) is 11.5. The van der Waals surface area contributed by atoms with Crippen molar-refractivity contribution in [2.75, 3.05) is 6.54 Å². The number of benzene rings is 1. The standard InChI is InChI=1S/C12H14F3N/c1-8-9(3-2-4-10(8)13)11(7-16)5-12(14,15)6-11/h2-4H,5-7,16H2,1H3. The Labute approximate surface area is 92.5 Å². The topological polar surface area (TPSA) is 26.0 Å². The zero-order valence-electron chi connectivity index (χ0n) is 9.06. The van der Waals surface area contributed by atoms with Crippen LogP contribution in [0.1, 0.15) is 24.0 Å². The van der Waals surface area contributed by atoms with E-state index < -0.39 is 11.3 Å². The van der Waals surface area contributed by atoms with Crippen molar-refractivity contribution in [1.82, 2.24) is 0 Å². The second-order valence-electron chi connectivity index (χ2n) is 4.61. The lowest BCUT2D eigenvalue weighted by atomic mass is 9.61. The lowest BCUT2D eigenvalue weighted by Crippen LogP contribution is -2.54. The van der Waals surface area contributed by atoms with Gasteiger partial charge in [0.05, 0.1) is 0 Å². The van der Waals surface area contributed by atoms with E-state index in [0.29, 0.717) is 11.1 Å². The van der Waals surface area contributed by atoms with Crippen LogP contribution in [-0.4, -0.2) is 12.5 Å². The van der Waals surface area contributed by atoms with Crippen LogP contribution in [0.5, 0.6) is 0 Å². The number of nitrogens with two attached hydrogens (primary N) is 1. The molecule has 0 heterocycles. The third-order valence-corrected chi connectivity index (χ3v) is 3.42. The van der Waals surface area contributed by atoms with Gasteiger partial charge in [-0.3, -0.25) is 0 Å². The summed E-state index contributed by atoms with van der Waals surface area (Å²) >= 11 is 0. The summed E-state index contributed by atoms with van der Waals surface area (Å²) in [5.74, 6) is -3.02. The van der Waals surface area contributed by atoms with Crippen LogP contribution in [0.3, 0.4) is 0 Å². The van der Waals surface area contributed by atoms with Gasteiger partial charge >= 0.3 is 0 Å². The van der Waals surface area contributed by atoms with Crippen molar-refractivity contribution in [1.29, 1.82) is 0 Å². The van der Waals surface area contributed by atoms with Crippen LogP contribution in [0.2, 0.25) is 0 Å². The van der Waals surface area contributed by atoms with E-state index in [9.17, 15) is 13.2 Å². The molecule has 16 heavy (non-hydrogen) atoms. The minimum atomic E-state index is -2.65. The molecule has 0 bridgehead atoms. The van der Waals surface area contributed by atoms with Gasteiger partial charge in [0, 0.05) is 24.8 Å². The SMILES string of the molecule is Cc1c(F)cccc1C1(CN)CC(F)(F)C1. The summed E-state index contributed by atoms with van der Waals surface area (Å²) in [6.07, 6.45) is -0.554. The van der Waals surface area contributed by atoms with Crippen LogP contribution in [0, 0.1) is 12.7 Å². The van der Waals surface area contributed by atoms with Crippen molar-refractivity contribution >= 4 is 0 Å². The zero-order chi connectivity index (χ0) is 12.0. The van der Waals surface area contributed by atoms with Gasteiger partial charge in [-0.1, -0.05) is 12.1 Å². The maximum absolute atomic E-state index is 13.4. The number of alkyl halides is 2. The van der Waals surface area contributed by atoms with Crippen molar-refractivity contribution < 1.29 is 13.2 Å². The Morgan fingerprint density at radius 1 is 1.31 bits per heavy atom. The molecule has 1 aliphatic rings. The molecule has 0 amide bonds. The van der Waals surface area contributed by atoms with Crippen LogP contribution in [0.15, 0.2) is 18.2 Å².